The molecule has 0 saturated carbocycles. The Kier molecular flexibility index (Phi) is 4.27. The molecule has 0 aliphatic carbocycles. The van der Waals surface area contributed by atoms with Crippen molar-refractivity contribution >= 4 is 17.1 Å². The molecule has 1 saturated heterocycles. The van der Waals surface area contributed by atoms with E-state index in [1.165, 1.54) is 4.57 Å². The third kappa shape index (κ3) is 2.99. The number of nitrogens with zero attached hydrogens (tertiary/aromatic N) is 4. The average Bonchev–Trinajstić information content (AvgIpc) is 2.95. The molecule has 0 aromatic carbocycles. The van der Waals surface area contributed by atoms with E-state index in [9.17, 15) is 14.4 Å². The van der Waals surface area contributed by atoms with Crippen LogP contribution in [0.25, 0.3) is 11.2 Å². The minimum atomic E-state index is -0.507. The quantitative estimate of drug-likeness (QED) is 0.752. The standard InChI is InChI=1S/C15H22N6O3/c1-9-8-19(2)6-7-21(9)11(22)5-4-10-16-12-13(17-10)20(3)15(24)18-14(12)23/h9H,4-8H2,1-3H3,(H,16,17)(H,18,23,24)/t9-/m0/s1. The van der Waals surface area contributed by atoms with Gasteiger partial charge in [0.2, 0.25) is 5.91 Å². The fraction of sp³-hybridized carbons (Fsp3) is 0.600. The van der Waals surface area contributed by atoms with Crippen LogP contribution in [0.2, 0.25) is 0 Å². The summed E-state index contributed by atoms with van der Waals surface area (Å²) in [6.45, 7) is 4.51. The van der Waals surface area contributed by atoms with Crippen LogP contribution in [0.1, 0.15) is 19.2 Å². The van der Waals surface area contributed by atoms with Crippen LogP contribution in [0.15, 0.2) is 9.59 Å². The normalized spacial score (nSPS) is 19.1. The molecule has 0 radical (unpaired) electrons. The molecule has 9 heteroatoms. The van der Waals surface area contributed by atoms with E-state index in [1.807, 2.05) is 11.8 Å². The molecule has 1 fully saturated rings. The summed E-state index contributed by atoms with van der Waals surface area (Å²) in [6, 6.07) is 0.190. The van der Waals surface area contributed by atoms with Crippen molar-refractivity contribution in [3.05, 3.63) is 26.7 Å². The molecule has 2 aromatic rings. The van der Waals surface area contributed by atoms with E-state index in [4.69, 9.17) is 0 Å². The molecule has 3 heterocycles. The number of hydrogen-bond acceptors (Lipinski definition) is 5. The molecule has 1 amide bonds. The lowest BCUT2D eigenvalue weighted by molar-refractivity contribution is -0.135. The Labute approximate surface area is 138 Å². The van der Waals surface area contributed by atoms with Crippen molar-refractivity contribution in [2.24, 2.45) is 7.05 Å². The first-order valence-electron chi connectivity index (χ1n) is 8.02. The first kappa shape index (κ1) is 16.4. The number of aromatic amines is 2. The van der Waals surface area contributed by atoms with Crippen molar-refractivity contribution in [2.75, 3.05) is 26.7 Å². The maximum Gasteiger partial charge on any atom is 0.329 e. The van der Waals surface area contributed by atoms with Crippen molar-refractivity contribution in [2.45, 2.75) is 25.8 Å². The molecule has 0 bridgehead atoms. The third-order valence-electron chi connectivity index (χ3n) is 4.53. The summed E-state index contributed by atoms with van der Waals surface area (Å²) in [5.74, 6) is 0.616. The minimum absolute atomic E-state index is 0.0823. The molecule has 24 heavy (non-hydrogen) atoms. The fourth-order valence-corrected chi connectivity index (χ4v) is 3.15. The van der Waals surface area contributed by atoms with E-state index in [1.54, 1.807) is 7.05 Å². The number of likely N-dealkylation sites (N-methyl/N-ethyl adjacent to an activating group) is 1. The molecule has 1 aliphatic heterocycles. The zero-order valence-corrected chi connectivity index (χ0v) is 14.1. The number of carbonyl (C=O) groups is 1. The van der Waals surface area contributed by atoms with Crippen molar-refractivity contribution in [3.63, 3.8) is 0 Å². The topological polar surface area (TPSA) is 107 Å². The number of aromatic nitrogens is 4. The first-order chi connectivity index (χ1) is 11.4. The van der Waals surface area contributed by atoms with Crippen molar-refractivity contribution in [1.82, 2.24) is 29.3 Å². The van der Waals surface area contributed by atoms with E-state index in [0.717, 1.165) is 19.6 Å². The van der Waals surface area contributed by atoms with Crippen molar-refractivity contribution < 1.29 is 4.79 Å². The number of carbonyl (C=O) groups excluding carboxylic acids is 1. The second-order valence-electron chi connectivity index (χ2n) is 6.40. The summed E-state index contributed by atoms with van der Waals surface area (Å²) in [7, 11) is 3.59. The van der Waals surface area contributed by atoms with Crippen LogP contribution in [0.3, 0.4) is 0 Å². The molecule has 9 nitrogen and oxygen atoms in total. The van der Waals surface area contributed by atoms with Gasteiger partial charge in [-0.3, -0.25) is 19.1 Å². The highest BCUT2D eigenvalue weighted by Crippen LogP contribution is 2.12. The molecule has 130 valence electrons. The van der Waals surface area contributed by atoms with Gasteiger partial charge in [0, 0.05) is 45.6 Å². The Hall–Kier alpha value is -2.42. The van der Waals surface area contributed by atoms with Gasteiger partial charge in [-0.05, 0) is 14.0 Å². The van der Waals surface area contributed by atoms with Gasteiger partial charge >= 0.3 is 5.69 Å². The number of H-pyrrole nitrogens is 2. The smallest absolute Gasteiger partial charge is 0.329 e. The van der Waals surface area contributed by atoms with E-state index >= 15 is 0 Å². The van der Waals surface area contributed by atoms with E-state index in [0.29, 0.717) is 24.3 Å². The second-order valence-corrected chi connectivity index (χ2v) is 6.40. The predicted molar refractivity (Wildman–Crippen MR) is 88.9 cm³/mol. The van der Waals surface area contributed by atoms with Gasteiger partial charge in [-0.15, -0.1) is 0 Å². The van der Waals surface area contributed by atoms with Crippen LogP contribution < -0.4 is 11.2 Å². The maximum absolute atomic E-state index is 12.4. The SMILES string of the molecule is C[C@H]1CN(C)CCN1C(=O)CCc1nc2c([nH]1)c(=O)[nH]c(=O)n2C. The van der Waals surface area contributed by atoms with Gasteiger partial charge in [0.05, 0.1) is 0 Å². The van der Waals surface area contributed by atoms with Gasteiger partial charge in [-0.25, -0.2) is 9.78 Å². The number of fused-ring (bicyclic) bond motifs is 1. The number of amides is 1. The highest BCUT2D eigenvalue weighted by Gasteiger charge is 2.25. The molecule has 1 atom stereocenters. The minimum Gasteiger partial charge on any atom is -0.337 e. The summed E-state index contributed by atoms with van der Waals surface area (Å²) >= 11 is 0. The van der Waals surface area contributed by atoms with Crippen LogP contribution in [-0.4, -0.2) is 67.9 Å². The van der Waals surface area contributed by atoms with Gasteiger partial charge < -0.3 is 14.8 Å². The largest absolute Gasteiger partial charge is 0.337 e. The van der Waals surface area contributed by atoms with Crippen LogP contribution in [0, 0.1) is 0 Å². The average molecular weight is 334 g/mol. The molecule has 2 N–H and O–H groups in total. The molecule has 0 spiro atoms. The van der Waals surface area contributed by atoms with Gasteiger partial charge in [0.15, 0.2) is 5.65 Å². The zero-order chi connectivity index (χ0) is 17.4. The predicted octanol–water partition coefficient (Wildman–Crippen LogP) is -0.955. The van der Waals surface area contributed by atoms with Crippen LogP contribution in [0.5, 0.6) is 0 Å². The van der Waals surface area contributed by atoms with E-state index in [2.05, 4.69) is 26.9 Å². The molecular weight excluding hydrogens is 312 g/mol. The maximum atomic E-state index is 12.4. The first-order valence-corrected chi connectivity index (χ1v) is 8.02. The number of aryl methyl sites for hydroxylation is 2. The molecule has 2 aromatic heterocycles. The zero-order valence-electron chi connectivity index (χ0n) is 14.1. The lowest BCUT2D eigenvalue weighted by atomic mass is 10.1. The number of nitrogens with one attached hydrogen (secondary N) is 2. The Bertz CT molecular complexity index is 879. The summed E-state index contributed by atoms with van der Waals surface area (Å²) in [5, 5.41) is 0. The lowest BCUT2D eigenvalue weighted by Crippen LogP contribution is -2.52. The highest BCUT2D eigenvalue weighted by atomic mass is 16.2. The number of piperazine rings is 1. The summed E-state index contributed by atoms with van der Waals surface area (Å²) < 4.78 is 1.28. The molecule has 0 unspecified atom stereocenters. The molecular formula is C15H22N6O3. The third-order valence-corrected chi connectivity index (χ3v) is 4.53. The van der Waals surface area contributed by atoms with Crippen LogP contribution >= 0.6 is 0 Å². The Morgan fingerprint density at radius 1 is 1.25 bits per heavy atom. The Balaban J connectivity index is 1.73. The van der Waals surface area contributed by atoms with Gasteiger partial charge in [0.1, 0.15) is 11.3 Å². The van der Waals surface area contributed by atoms with Gasteiger partial charge in [0.25, 0.3) is 5.56 Å². The molecule has 3 rings (SSSR count). The number of rotatable bonds is 3. The van der Waals surface area contributed by atoms with Crippen LogP contribution in [0.4, 0.5) is 0 Å². The van der Waals surface area contributed by atoms with Gasteiger partial charge in [-0.2, -0.15) is 0 Å². The summed E-state index contributed by atoms with van der Waals surface area (Å²) in [6.07, 6.45) is 0.722. The monoisotopic (exact) mass is 334 g/mol. The summed E-state index contributed by atoms with van der Waals surface area (Å²) in [5.41, 5.74) is -0.439. The van der Waals surface area contributed by atoms with Crippen molar-refractivity contribution in [3.8, 4) is 0 Å². The van der Waals surface area contributed by atoms with Crippen LogP contribution in [-0.2, 0) is 18.3 Å². The second kappa shape index (κ2) is 6.23. The Morgan fingerprint density at radius 3 is 2.71 bits per heavy atom. The fourth-order valence-electron chi connectivity index (χ4n) is 3.15. The van der Waals surface area contributed by atoms with Gasteiger partial charge in [-0.1, -0.05) is 0 Å². The molecule has 1 aliphatic rings. The lowest BCUT2D eigenvalue weighted by Gasteiger charge is -2.38. The number of hydrogen-bond donors (Lipinski definition) is 2. The van der Waals surface area contributed by atoms with E-state index < -0.39 is 11.2 Å². The Morgan fingerprint density at radius 2 is 2.00 bits per heavy atom. The summed E-state index contributed by atoms with van der Waals surface area (Å²) in [4.78, 5) is 49.4. The van der Waals surface area contributed by atoms with Crippen molar-refractivity contribution in [1.29, 1.82) is 0 Å². The highest BCUT2D eigenvalue weighted by molar-refractivity contribution is 5.77. The van der Waals surface area contributed by atoms with E-state index in [-0.39, 0.29) is 17.5 Å². The number of imidazole rings is 1.